The molecule has 0 atom stereocenters. The number of benzene rings is 1. The fraction of sp³-hybridized carbons (Fsp3) is 0.375. The quantitative estimate of drug-likeness (QED) is 0.900. The van der Waals surface area contributed by atoms with Crippen molar-refractivity contribution in [1.29, 1.82) is 0 Å². The average Bonchev–Trinajstić information content (AvgIpc) is 2.75. The van der Waals surface area contributed by atoms with E-state index in [9.17, 15) is 8.78 Å². The third kappa shape index (κ3) is 3.04. The molecule has 0 radical (unpaired) electrons. The maximum Gasteiger partial charge on any atom is 0.586 e. The van der Waals surface area contributed by atoms with Gasteiger partial charge in [-0.05, 0) is 24.6 Å². The van der Waals surface area contributed by atoms with Crippen LogP contribution in [0.3, 0.4) is 0 Å². The number of ether oxygens (including phenoxy) is 2. The number of fused-ring (bicyclic) bond motifs is 1. The summed E-state index contributed by atoms with van der Waals surface area (Å²) in [6.45, 7) is 8.07. The monoisotopic (exact) mass is 321 g/mol. The number of alkyl halides is 2. The Morgan fingerprint density at radius 2 is 1.91 bits per heavy atom. The minimum atomic E-state index is -3.66. The lowest BCUT2D eigenvalue weighted by molar-refractivity contribution is -0.286. The summed E-state index contributed by atoms with van der Waals surface area (Å²) in [5.41, 5.74) is 2.01. The van der Waals surface area contributed by atoms with Gasteiger partial charge in [-0.15, -0.1) is 8.78 Å². The molecule has 0 amide bonds. The zero-order chi connectivity index (χ0) is 16.8. The molecule has 1 N–H and O–H groups in total. The summed E-state index contributed by atoms with van der Waals surface area (Å²) in [6.07, 6.45) is -1.96. The fourth-order valence-electron chi connectivity index (χ4n) is 2.45. The summed E-state index contributed by atoms with van der Waals surface area (Å²) >= 11 is 0. The van der Waals surface area contributed by atoms with Crippen LogP contribution in [0.1, 0.15) is 32.0 Å². The number of halogens is 2. The lowest BCUT2D eigenvalue weighted by atomic mass is 9.89. The highest BCUT2D eigenvalue weighted by Gasteiger charge is 2.44. The maximum atomic E-state index is 13.2. The number of rotatable bonds is 2. The summed E-state index contributed by atoms with van der Waals surface area (Å²) < 4.78 is 35.4. The van der Waals surface area contributed by atoms with Crippen LogP contribution in [-0.4, -0.2) is 16.3 Å². The third-order valence-corrected chi connectivity index (χ3v) is 3.36. The van der Waals surface area contributed by atoms with E-state index in [1.54, 1.807) is 18.3 Å². The van der Waals surface area contributed by atoms with Gasteiger partial charge in [-0.1, -0.05) is 26.8 Å². The Bertz CT molecular complexity index is 757. The van der Waals surface area contributed by atoms with Crippen molar-refractivity contribution >= 4 is 11.6 Å². The van der Waals surface area contributed by atoms with Crippen LogP contribution in [0.25, 0.3) is 0 Å². The van der Waals surface area contributed by atoms with Crippen molar-refractivity contribution in [2.45, 2.75) is 39.4 Å². The number of nitrogens with one attached hydrogen (secondary N) is 1. The van der Waals surface area contributed by atoms with Gasteiger partial charge in [0.15, 0.2) is 11.5 Å². The molecule has 2 aromatic rings. The highest BCUT2D eigenvalue weighted by molar-refractivity contribution is 5.68. The molecule has 0 spiro atoms. The third-order valence-electron chi connectivity index (χ3n) is 3.36. The molecule has 0 saturated heterocycles. The van der Waals surface area contributed by atoms with Crippen molar-refractivity contribution in [3.05, 3.63) is 35.7 Å². The normalized spacial score (nSPS) is 15.6. The molecule has 5 nitrogen and oxygen atoms in total. The second-order valence-corrected chi connectivity index (χ2v) is 6.40. The lowest BCUT2D eigenvalue weighted by Crippen LogP contribution is -2.26. The molecule has 1 aromatic heterocycles. The van der Waals surface area contributed by atoms with Gasteiger partial charge in [0, 0.05) is 11.6 Å². The first-order valence-corrected chi connectivity index (χ1v) is 7.16. The second-order valence-electron chi connectivity index (χ2n) is 6.40. The van der Waals surface area contributed by atoms with Crippen LogP contribution in [0, 0.1) is 6.92 Å². The van der Waals surface area contributed by atoms with Crippen LogP contribution in [0.2, 0.25) is 0 Å². The van der Waals surface area contributed by atoms with E-state index >= 15 is 0 Å². The zero-order valence-electron chi connectivity index (χ0n) is 13.3. The molecule has 1 aliphatic rings. The van der Waals surface area contributed by atoms with E-state index in [0.29, 0.717) is 11.6 Å². The van der Waals surface area contributed by atoms with Crippen LogP contribution in [0.4, 0.5) is 20.4 Å². The molecule has 1 aliphatic heterocycles. The second kappa shape index (κ2) is 5.04. The molecule has 0 saturated carbocycles. The molecule has 122 valence electrons. The molecule has 0 unspecified atom stereocenters. The SMILES string of the molecule is Cc1cnc(Nc2cccc3c2OC(F)(F)O3)nc1C(C)(C)C. The number of hydrogen-bond acceptors (Lipinski definition) is 5. The summed E-state index contributed by atoms with van der Waals surface area (Å²) in [7, 11) is 0. The van der Waals surface area contributed by atoms with Crippen molar-refractivity contribution in [2.24, 2.45) is 0 Å². The van der Waals surface area contributed by atoms with Gasteiger partial charge in [0.25, 0.3) is 0 Å². The number of aryl methyl sites for hydroxylation is 1. The summed E-state index contributed by atoms with van der Waals surface area (Å²) in [5.74, 6) is 0.231. The number of hydrogen-bond donors (Lipinski definition) is 1. The molecule has 0 aliphatic carbocycles. The Balaban J connectivity index is 1.95. The van der Waals surface area contributed by atoms with Crippen molar-refractivity contribution in [1.82, 2.24) is 9.97 Å². The van der Waals surface area contributed by atoms with Gasteiger partial charge in [-0.2, -0.15) is 0 Å². The molecular formula is C16H17F2N3O2. The van der Waals surface area contributed by atoms with Gasteiger partial charge < -0.3 is 14.8 Å². The summed E-state index contributed by atoms with van der Waals surface area (Å²) in [4.78, 5) is 8.70. The predicted octanol–water partition coefficient (Wildman–Crippen LogP) is 4.15. The smallest absolute Gasteiger partial charge is 0.395 e. The van der Waals surface area contributed by atoms with Crippen LogP contribution >= 0.6 is 0 Å². The van der Waals surface area contributed by atoms with E-state index in [1.807, 2.05) is 27.7 Å². The largest absolute Gasteiger partial charge is 0.586 e. The van der Waals surface area contributed by atoms with Gasteiger partial charge in [0.1, 0.15) is 0 Å². The molecule has 3 rings (SSSR count). The minimum absolute atomic E-state index is 0.0249. The van der Waals surface area contributed by atoms with E-state index < -0.39 is 6.29 Å². The first-order chi connectivity index (χ1) is 10.7. The topological polar surface area (TPSA) is 56.3 Å². The van der Waals surface area contributed by atoms with Crippen molar-refractivity contribution in [3.8, 4) is 11.5 Å². The molecule has 2 heterocycles. The van der Waals surface area contributed by atoms with Crippen LogP contribution in [0.5, 0.6) is 11.5 Å². The zero-order valence-corrected chi connectivity index (χ0v) is 13.3. The Hall–Kier alpha value is -2.44. The number of aromatic nitrogens is 2. The van der Waals surface area contributed by atoms with E-state index in [4.69, 9.17) is 0 Å². The first-order valence-electron chi connectivity index (χ1n) is 7.16. The van der Waals surface area contributed by atoms with Gasteiger partial charge in [-0.25, -0.2) is 9.97 Å². The van der Waals surface area contributed by atoms with Gasteiger partial charge in [0.2, 0.25) is 5.95 Å². The van der Waals surface area contributed by atoms with E-state index in [-0.39, 0.29) is 16.9 Å². The Morgan fingerprint density at radius 3 is 2.61 bits per heavy atom. The maximum absolute atomic E-state index is 13.2. The van der Waals surface area contributed by atoms with Crippen molar-refractivity contribution in [3.63, 3.8) is 0 Å². The molecule has 0 fully saturated rings. The Kier molecular flexibility index (Phi) is 3.39. The highest BCUT2D eigenvalue weighted by atomic mass is 19.3. The molecule has 7 heteroatoms. The van der Waals surface area contributed by atoms with Crippen molar-refractivity contribution in [2.75, 3.05) is 5.32 Å². The van der Waals surface area contributed by atoms with E-state index in [2.05, 4.69) is 24.8 Å². The first kappa shape index (κ1) is 15.5. The van der Waals surface area contributed by atoms with Gasteiger partial charge >= 0.3 is 6.29 Å². The molecule has 0 bridgehead atoms. The summed E-state index contributed by atoms with van der Waals surface area (Å²) in [6, 6.07) is 4.60. The van der Waals surface area contributed by atoms with Crippen molar-refractivity contribution < 1.29 is 18.3 Å². The Labute approximate surface area is 132 Å². The van der Waals surface area contributed by atoms with Crippen LogP contribution < -0.4 is 14.8 Å². The molecule has 1 aromatic carbocycles. The highest BCUT2D eigenvalue weighted by Crippen LogP contribution is 2.46. The fourth-order valence-corrected chi connectivity index (χ4v) is 2.45. The number of nitrogens with zero attached hydrogens (tertiary/aromatic N) is 2. The number of anilines is 2. The van der Waals surface area contributed by atoms with Gasteiger partial charge in [0.05, 0.1) is 11.4 Å². The summed E-state index contributed by atoms with van der Waals surface area (Å²) in [5, 5.41) is 2.92. The standard InChI is InChI=1S/C16H17F2N3O2/c1-9-8-19-14(21-13(9)15(2,3)4)20-10-6-5-7-11-12(10)23-16(17,18)22-11/h5-8H,1-4H3,(H,19,20,21). The van der Waals surface area contributed by atoms with Gasteiger partial charge in [-0.3, -0.25) is 0 Å². The number of para-hydroxylation sites is 1. The predicted molar refractivity (Wildman–Crippen MR) is 81.4 cm³/mol. The Morgan fingerprint density at radius 1 is 1.17 bits per heavy atom. The van der Waals surface area contributed by atoms with Crippen LogP contribution in [-0.2, 0) is 5.41 Å². The van der Waals surface area contributed by atoms with E-state index in [0.717, 1.165) is 11.3 Å². The van der Waals surface area contributed by atoms with Crippen LogP contribution in [0.15, 0.2) is 24.4 Å². The lowest BCUT2D eigenvalue weighted by Gasteiger charge is -2.20. The molecular weight excluding hydrogens is 304 g/mol. The molecule has 23 heavy (non-hydrogen) atoms. The average molecular weight is 321 g/mol. The minimum Gasteiger partial charge on any atom is -0.395 e. The van der Waals surface area contributed by atoms with E-state index in [1.165, 1.54) is 6.07 Å².